The van der Waals surface area contributed by atoms with Crippen molar-refractivity contribution in [3.8, 4) is 0 Å². The number of nitrogens with zero attached hydrogens (tertiary/aromatic N) is 1. The molecule has 104 valence electrons. The van der Waals surface area contributed by atoms with Crippen LogP contribution in [0.2, 0.25) is 0 Å². The first-order valence-electron chi connectivity index (χ1n) is 5.23. The van der Waals surface area contributed by atoms with Gasteiger partial charge in [0.25, 0.3) is 0 Å². The molecule has 6 nitrogen and oxygen atoms in total. The minimum Gasteiger partial charge on any atom is -0.480 e. The molecule has 0 aromatic carbocycles. The zero-order valence-electron chi connectivity index (χ0n) is 9.28. The number of urea groups is 1. The van der Waals surface area contributed by atoms with Crippen molar-refractivity contribution >= 4 is 12.0 Å². The number of carbonyl (C=O) groups is 2. The maximum Gasteiger partial charge on any atom is 0.390 e. The standard InChI is InChI=1S/C9H13F3N2O4/c10-9(11,12)1-2-13-8(18)14-4-5(15)3-6(14)7(16)17/h5-6,15H,1-4H2,(H,13,18)(H,16,17)/t5-,6+/m1/s1. The summed E-state index contributed by atoms with van der Waals surface area (Å²) in [5.74, 6) is -1.29. The van der Waals surface area contributed by atoms with Gasteiger partial charge in [0.15, 0.2) is 0 Å². The van der Waals surface area contributed by atoms with Crippen molar-refractivity contribution in [2.75, 3.05) is 13.1 Å². The lowest BCUT2D eigenvalue weighted by Crippen LogP contribution is -2.46. The topological polar surface area (TPSA) is 89.9 Å². The van der Waals surface area contributed by atoms with Gasteiger partial charge in [-0.2, -0.15) is 13.2 Å². The fourth-order valence-corrected chi connectivity index (χ4v) is 1.69. The molecule has 0 radical (unpaired) electrons. The Morgan fingerprint density at radius 3 is 2.50 bits per heavy atom. The molecular formula is C9H13F3N2O4. The van der Waals surface area contributed by atoms with E-state index in [0.717, 1.165) is 4.90 Å². The number of β-amino-alcohol motifs (C(OH)–C–C–N with tert-alkyl or cyclic N) is 1. The molecule has 1 aliphatic heterocycles. The summed E-state index contributed by atoms with van der Waals surface area (Å²) in [5.41, 5.74) is 0. The summed E-state index contributed by atoms with van der Waals surface area (Å²) in [5, 5.41) is 20.0. The number of rotatable bonds is 3. The molecular weight excluding hydrogens is 257 g/mol. The largest absolute Gasteiger partial charge is 0.480 e. The van der Waals surface area contributed by atoms with E-state index < -0.39 is 43.3 Å². The highest BCUT2D eigenvalue weighted by Crippen LogP contribution is 2.20. The smallest absolute Gasteiger partial charge is 0.390 e. The first-order chi connectivity index (χ1) is 8.20. The Bertz CT molecular complexity index is 334. The van der Waals surface area contributed by atoms with Crippen LogP contribution in [-0.4, -0.2) is 58.5 Å². The van der Waals surface area contributed by atoms with Crippen LogP contribution in [-0.2, 0) is 4.79 Å². The monoisotopic (exact) mass is 270 g/mol. The second-order valence-corrected chi connectivity index (χ2v) is 3.99. The number of alkyl halides is 3. The molecule has 2 atom stereocenters. The van der Waals surface area contributed by atoms with Crippen LogP contribution in [0.15, 0.2) is 0 Å². The molecule has 18 heavy (non-hydrogen) atoms. The highest BCUT2D eigenvalue weighted by Gasteiger charge is 2.39. The van der Waals surface area contributed by atoms with Crippen molar-refractivity contribution in [1.29, 1.82) is 0 Å². The van der Waals surface area contributed by atoms with Gasteiger partial charge in [-0.1, -0.05) is 0 Å². The van der Waals surface area contributed by atoms with E-state index in [-0.39, 0.29) is 13.0 Å². The van der Waals surface area contributed by atoms with E-state index in [1.54, 1.807) is 0 Å². The summed E-state index contributed by atoms with van der Waals surface area (Å²) < 4.78 is 35.6. The number of carbonyl (C=O) groups excluding carboxylic acids is 1. The van der Waals surface area contributed by atoms with Crippen molar-refractivity contribution in [3.05, 3.63) is 0 Å². The van der Waals surface area contributed by atoms with E-state index in [1.807, 2.05) is 5.32 Å². The zero-order chi connectivity index (χ0) is 13.9. The van der Waals surface area contributed by atoms with Gasteiger partial charge in [-0.05, 0) is 0 Å². The zero-order valence-corrected chi connectivity index (χ0v) is 9.28. The predicted molar refractivity (Wildman–Crippen MR) is 52.8 cm³/mol. The molecule has 3 N–H and O–H groups in total. The molecule has 0 aromatic rings. The van der Waals surface area contributed by atoms with Gasteiger partial charge in [0.05, 0.1) is 12.5 Å². The average molecular weight is 270 g/mol. The number of likely N-dealkylation sites (tertiary alicyclic amines) is 1. The van der Waals surface area contributed by atoms with Gasteiger partial charge in [-0.15, -0.1) is 0 Å². The predicted octanol–water partition coefficient (Wildman–Crippen LogP) is 0.168. The Morgan fingerprint density at radius 2 is 2.00 bits per heavy atom. The van der Waals surface area contributed by atoms with E-state index in [1.165, 1.54) is 0 Å². The maximum atomic E-state index is 11.9. The maximum absolute atomic E-state index is 11.9. The van der Waals surface area contributed by atoms with Crippen LogP contribution >= 0.6 is 0 Å². The molecule has 9 heteroatoms. The van der Waals surface area contributed by atoms with Crippen LogP contribution in [0, 0.1) is 0 Å². The lowest BCUT2D eigenvalue weighted by Gasteiger charge is -2.21. The second kappa shape index (κ2) is 5.42. The summed E-state index contributed by atoms with van der Waals surface area (Å²) in [4.78, 5) is 23.1. The number of carboxylic acid groups (broad SMARTS) is 1. The third kappa shape index (κ3) is 4.06. The number of hydrogen-bond acceptors (Lipinski definition) is 3. The third-order valence-corrected chi connectivity index (χ3v) is 2.51. The molecule has 0 saturated carbocycles. The van der Waals surface area contributed by atoms with Crippen LogP contribution in [0.3, 0.4) is 0 Å². The molecule has 0 aromatic heterocycles. The van der Waals surface area contributed by atoms with Gasteiger partial charge in [-0.25, -0.2) is 9.59 Å². The Morgan fingerprint density at radius 1 is 1.39 bits per heavy atom. The number of hydrogen-bond donors (Lipinski definition) is 3. The fraction of sp³-hybridized carbons (Fsp3) is 0.778. The van der Waals surface area contributed by atoms with Crippen LogP contribution in [0.5, 0.6) is 0 Å². The molecule has 1 saturated heterocycles. The first-order valence-corrected chi connectivity index (χ1v) is 5.23. The molecule has 1 fully saturated rings. The van der Waals surface area contributed by atoms with Gasteiger partial charge < -0.3 is 20.4 Å². The molecule has 1 aliphatic rings. The highest BCUT2D eigenvalue weighted by molar-refractivity contribution is 5.83. The quantitative estimate of drug-likeness (QED) is 0.682. The Hall–Kier alpha value is -1.51. The fourth-order valence-electron chi connectivity index (χ4n) is 1.69. The first kappa shape index (κ1) is 14.6. The number of nitrogens with one attached hydrogen (secondary N) is 1. The Kier molecular flexibility index (Phi) is 4.38. The van der Waals surface area contributed by atoms with E-state index in [4.69, 9.17) is 5.11 Å². The number of carboxylic acids is 1. The Balaban J connectivity index is 2.48. The summed E-state index contributed by atoms with van der Waals surface area (Å²) >= 11 is 0. The molecule has 0 bridgehead atoms. The molecule has 1 heterocycles. The minimum atomic E-state index is -4.38. The van der Waals surface area contributed by atoms with Crippen LogP contribution in [0.4, 0.5) is 18.0 Å². The lowest BCUT2D eigenvalue weighted by atomic mass is 10.2. The average Bonchev–Trinajstić information content (AvgIpc) is 2.58. The molecule has 1 rings (SSSR count). The van der Waals surface area contributed by atoms with E-state index in [9.17, 15) is 27.9 Å². The van der Waals surface area contributed by atoms with Crippen molar-refractivity contribution in [3.63, 3.8) is 0 Å². The van der Waals surface area contributed by atoms with Gasteiger partial charge in [0, 0.05) is 19.5 Å². The highest BCUT2D eigenvalue weighted by atomic mass is 19.4. The third-order valence-electron chi connectivity index (χ3n) is 2.51. The van der Waals surface area contributed by atoms with Crippen LogP contribution in [0.1, 0.15) is 12.8 Å². The summed E-state index contributed by atoms with van der Waals surface area (Å²) in [7, 11) is 0. The number of amides is 2. The van der Waals surface area contributed by atoms with Gasteiger partial charge in [-0.3, -0.25) is 0 Å². The van der Waals surface area contributed by atoms with Crippen LogP contribution < -0.4 is 5.32 Å². The summed E-state index contributed by atoms with van der Waals surface area (Å²) in [6, 6.07) is -2.12. The Labute approximate surface area is 100 Å². The summed E-state index contributed by atoms with van der Waals surface area (Å²) in [6.07, 6.45) is -6.67. The number of aliphatic hydroxyl groups is 1. The molecule has 0 unspecified atom stereocenters. The van der Waals surface area contributed by atoms with Gasteiger partial charge in [0.2, 0.25) is 0 Å². The number of aliphatic carboxylic acids is 1. The van der Waals surface area contributed by atoms with Gasteiger partial charge >= 0.3 is 18.2 Å². The molecule has 0 spiro atoms. The SMILES string of the molecule is O=C(O)[C@@H]1C[C@@H](O)CN1C(=O)NCCC(F)(F)F. The van der Waals surface area contributed by atoms with Crippen LogP contribution in [0.25, 0.3) is 0 Å². The van der Waals surface area contributed by atoms with Crippen molar-refractivity contribution in [2.24, 2.45) is 0 Å². The van der Waals surface area contributed by atoms with Crippen molar-refractivity contribution < 1.29 is 33.0 Å². The van der Waals surface area contributed by atoms with Crippen molar-refractivity contribution in [2.45, 2.75) is 31.2 Å². The second-order valence-electron chi connectivity index (χ2n) is 3.99. The number of halogens is 3. The van der Waals surface area contributed by atoms with Gasteiger partial charge in [0.1, 0.15) is 6.04 Å². The van der Waals surface area contributed by atoms with E-state index in [0.29, 0.717) is 0 Å². The normalized spacial score (nSPS) is 24.1. The minimum absolute atomic E-state index is 0.123. The van der Waals surface area contributed by atoms with E-state index >= 15 is 0 Å². The lowest BCUT2D eigenvalue weighted by molar-refractivity contribution is -0.141. The van der Waals surface area contributed by atoms with E-state index in [2.05, 4.69) is 0 Å². The summed E-state index contributed by atoms with van der Waals surface area (Å²) in [6.45, 7) is -0.823. The number of aliphatic hydroxyl groups excluding tert-OH is 1. The molecule has 0 aliphatic carbocycles. The van der Waals surface area contributed by atoms with Crippen molar-refractivity contribution in [1.82, 2.24) is 10.2 Å². The molecule has 2 amide bonds.